The highest BCUT2D eigenvalue weighted by atomic mass is 16.5. The maximum atomic E-state index is 8.68. The molecule has 0 aliphatic rings. The standard InChI is InChI=1S/C13H11N3O/c1-9-2-7-12(15)13(16-9)17-11-5-3-10(8-14)4-6-11/h2-7H,15H2,1H3. The van der Waals surface area contributed by atoms with Gasteiger partial charge in [0.15, 0.2) is 0 Å². The summed E-state index contributed by atoms with van der Waals surface area (Å²) in [5, 5.41) is 8.68. The second-order valence-electron chi connectivity index (χ2n) is 3.59. The third kappa shape index (κ3) is 2.52. The number of hydrogen-bond donors (Lipinski definition) is 1. The van der Waals surface area contributed by atoms with Crippen molar-refractivity contribution in [3.63, 3.8) is 0 Å². The quantitative estimate of drug-likeness (QED) is 0.852. The molecule has 2 rings (SSSR count). The van der Waals surface area contributed by atoms with Gasteiger partial charge in [-0.15, -0.1) is 0 Å². The average molecular weight is 225 g/mol. The summed E-state index contributed by atoms with van der Waals surface area (Å²) in [6.07, 6.45) is 0. The van der Waals surface area contributed by atoms with Crippen LogP contribution in [0.3, 0.4) is 0 Å². The largest absolute Gasteiger partial charge is 0.437 e. The number of nitrogens with zero attached hydrogens (tertiary/aromatic N) is 2. The van der Waals surface area contributed by atoms with E-state index in [2.05, 4.69) is 4.98 Å². The lowest BCUT2D eigenvalue weighted by Gasteiger charge is -2.07. The van der Waals surface area contributed by atoms with Crippen LogP contribution in [0.5, 0.6) is 11.6 Å². The number of rotatable bonds is 2. The zero-order chi connectivity index (χ0) is 12.3. The molecular formula is C13H11N3O. The fraction of sp³-hybridized carbons (Fsp3) is 0.0769. The molecule has 0 bridgehead atoms. The smallest absolute Gasteiger partial charge is 0.242 e. The monoisotopic (exact) mass is 225 g/mol. The van der Waals surface area contributed by atoms with E-state index in [1.165, 1.54) is 0 Å². The minimum absolute atomic E-state index is 0.384. The molecule has 0 aliphatic carbocycles. The van der Waals surface area contributed by atoms with Crippen molar-refractivity contribution in [3.05, 3.63) is 47.7 Å². The van der Waals surface area contributed by atoms with Crippen LogP contribution in [0.4, 0.5) is 5.69 Å². The van der Waals surface area contributed by atoms with Gasteiger partial charge in [-0.05, 0) is 43.3 Å². The minimum Gasteiger partial charge on any atom is -0.437 e. The number of hydrogen-bond acceptors (Lipinski definition) is 4. The molecule has 0 saturated carbocycles. The lowest BCUT2D eigenvalue weighted by molar-refractivity contribution is 0.464. The predicted octanol–water partition coefficient (Wildman–Crippen LogP) is 2.64. The van der Waals surface area contributed by atoms with Gasteiger partial charge in [-0.1, -0.05) is 0 Å². The van der Waals surface area contributed by atoms with Crippen molar-refractivity contribution in [2.75, 3.05) is 5.73 Å². The molecule has 0 amide bonds. The molecule has 0 radical (unpaired) electrons. The van der Waals surface area contributed by atoms with Crippen LogP contribution in [0, 0.1) is 18.3 Å². The Bertz CT molecular complexity index is 570. The average Bonchev–Trinajstić information content (AvgIpc) is 2.35. The van der Waals surface area contributed by atoms with Crippen molar-refractivity contribution in [2.45, 2.75) is 6.92 Å². The van der Waals surface area contributed by atoms with E-state index in [0.717, 1.165) is 5.69 Å². The molecule has 0 fully saturated rings. The second-order valence-corrected chi connectivity index (χ2v) is 3.59. The molecule has 17 heavy (non-hydrogen) atoms. The van der Waals surface area contributed by atoms with Gasteiger partial charge in [-0.2, -0.15) is 5.26 Å². The molecule has 2 N–H and O–H groups in total. The van der Waals surface area contributed by atoms with Crippen molar-refractivity contribution in [3.8, 4) is 17.7 Å². The van der Waals surface area contributed by atoms with E-state index >= 15 is 0 Å². The maximum absolute atomic E-state index is 8.68. The van der Waals surface area contributed by atoms with Crippen LogP contribution in [0.15, 0.2) is 36.4 Å². The van der Waals surface area contributed by atoms with E-state index in [1.54, 1.807) is 30.3 Å². The van der Waals surface area contributed by atoms with Crippen LogP contribution in [0.25, 0.3) is 0 Å². The molecule has 0 spiro atoms. The maximum Gasteiger partial charge on any atom is 0.242 e. The van der Waals surface area contributed by atoms with Gasteiger partial charge in [0.25, 0.3) is 0 Å². The third-order valence-electron chi connectivity index (χ3n) is 2.23. The van der Waals surface area contributed by atoms with E-state index < -0.39 is 0 Å². The fourth-order valence-electron chi connectivity index (χ4n) is 1.33. The highest BCUT2D eigenvalue weighted by molar-refractivity contribution is 5.50. The summed E-state index contributed by atoms with van der Waals surface area (Å²) in [5.74, 6) is 0.989. The molecule has 0 atom stereocenters. The third-order valence-corrected chi connectivity index (χ3v) is 2.23. The van der Waals surface area contributed by atoms with Crippen LogP contribution in [-0.4, -0.2) is 4.98 Å². The summed E-state index contributed by atoms with van der Waals surface area (Å²) in [7, 11) is 0. The molecule has 1 aromatic heterocycles. The normalized spacial score (nSPS) is 9.65. The highest BCUT2D eigenvalue weighted by Gasteiger charge is 2.04. The summed E-state index contributed by atoms with van der Waals surface area (Å²) < 4.78 is 5.54. The Balaban J connectivity index is 2.25. The number of aromatic nitrogens is 1. The molecule has 0 saturated heterocycles. The Morgan fingerprint density at radius 1 is 1.18 bits per heavy atom. The topological polar surface area (TPSA) is 71.9 Å². The van der Waals surface area contributed by atoms with Gasteiger partial charge in [0.2, 0.25) is 5.88 Å². The van der Waals surface area contributed by atoms with Gasteiger partial charge in [-0.3, -0.25) is 0 Å². The van der Waals surface area contributed by atoms with Crippen molar-refractivity contribution < 1.29 is 4.74 Å². The second kappa shape index (κ2) is 4.54. The molecule has 4 heteroatoms. The number of anilines is 1. The number of nitrogens with two attached hydrogens (primary N) is 1. The van der Waals surface area contributed by atoms with E-state index in [-0.39, 0.29) is 0 Å². The Morgan fingerprint density at radius 3 is 2.53 bits per heavy atom. The van der Waals surface area contributed by atoms with E-state index in [9.17, 15) is 0 Å². The summed E-state index contributed by atoms with van der Waals surface area (Å²) in [6.45, 7) is 1.87. The first kappa shape index (κ1) is 11.0. The molecule has 0 unspecified atom stereocenters. The SMILES string of the molecule is Cc1ccc(N)c(Oc2ccc(C#N)cc2)n1. The number of nitriles is 1. The Morgan fingerprint density at radius 2 is 1.88 bits per heavy atom. The Labute approximate surface area is 99.3 Å². The Kier molecular flexibility index (Phi) is 2.93. The minimum atomic E-state index is 0.384. The predicted molar refractivity (Wildman–Crippen MR) is 64.6 cm³/mol. The van der Waals surface area contributed by atoms with Crippen LogP contribution >= 0.6 is 0 Å². The van der Waals surface area contributed by atoms with Gasteiger partial charge in [0.05, 0.1) is 17.3 Å². The van der Waals surface area contributed by atoms with Crippen LogP contribution < -0.4 is 10.5 Å². The number of aryl methyl sites for hydroxylation is 1. The Hall–Kier alpha value is -2.54. The first-order chi connectivity index (χ1) is 8.19. The van der Waals surface area contributed by atoms with E-state index in [0.29, 0.717) is 22.9 Å². The van der Waals surface area contributed by atoms with E-state index in [4.69, 9.17) is 15.7 Å². The van der Waals surface area contributed by atoms with Crippen LogP contribution in [-0.2, 0) is 0 Å². The summed E-state index contributed by atoms with van der Waals surface area (Å²) >= 11 is 0. The number of ether oxygens (including phenoxy) is 1. The molecule has 1 heterocycles. The molecule has 0 aliphatic heterocycles. The lowest BCUT2D eigenvalue weighted by Crippen LogP contribution is -1.96. The summed E-state index contributed by atoms with van der Waals surface area (Å²) in [6, 6.07) is 12.4. The molecular weight excluding hydrogens is 214 g/mol. The first-order valence-corrected chi connectivity index (χ1v) is 5.10. The first-order valence-electron chi connectivity index (χ1n) is 5.10. The number of benzene rings is 1. The lowest BCUT2D eigenvalue weighted by atomic mass is 10.2. The molecule has 4 nitrogen and oxygen atoms in total. The van der Waals surface area contributed by atoms with Gasteiger partial charge < -0.3 is 10.5 Å². The van der Waals surface area contributed by atoms with Crippen molar-refractivity contribution in [1.29, 1.82) is 5.26 Å². The zero-order valence-corrected chi connectivity index (χ0v) is 9.34. The van der Waals surface area contributed by atoms with Crippen molar-refractivity contribution >= 4 is 5.69 Å². The van der Waals surface area contributed by atoms with Crippen molar-refractivity contribution in [1.82, 2.24) is 4.98 Å². The van der Waals surface area contributed by atoms with Crippen LogP contribution in [0.1, 0.15) is 11.3 Å². The highest BCUT2D eigenvalue weighted by Crippen LogP contribution is 2.25. The summed E-state index contributed by atoms with van der Waals surface area (Å²) in [5.41, 5.74) is 7.66. The number of pyridine rings is 1. The molecule has 2 aromatic rings. The van der Waals surface area contributed by atoms with Gasteiger partial charge in [0, 0.05) is 5.69 Å². The molecule has 1 aromatic carbocycles. The van der Waals surface area contributed by atoms with Gasteiger partial charge in [-0.25, -0.2) is 4.98 Å². The summed E-state index contributed by atoms with van der Waals surface area (Å²) in [4.78, 5) is 4.20. The van der Waals surface area contributed by atoms with Crippen LogP contribution in [0.2, 0.25) is 0 Å². The van der Waals surface area contributed by atoms with Gasteiger partial charge >= 0.3 is 0 Å². The fourth-order valence-corrected chi connectivity index (χ4v) is 1.33. The number of nitrogen functional groups attached to an aromatic ring is 1. The van der Waals surface area contributed by atoms with Gasteiger partial charge in [0.1, 0.15) is 5.75 Å². The van der Waals surface area contributed by atoms with Crippen molar-refractivity contribution in [2.24, 2.45) is 0 Å². The van der Waals surface area contributed by atoms with E-state index in [1.807, 2.05) is 19.1 Å². The zero-order valence-electron chi connectivity index (χ0n) is 9.34. The molecule has 84 valence electrons.